The Morgan fingerprint density at radius 1 is 1.10 bits per heavy atom. The zero-order chi connectivity index (χ0) is 29.4. The highest BCUT2D eigenvalue weighted by Gasteiger charge is 2.36. The number of hydrogen-bond acceptors (Lipinski definition) is 9. The van der Waals surface area contributed by atoms with E-state index in [1.165, 1.54) is 11.1 Å². The fourth-order valence-electron chi connectivity index (χ4n) is 4.46. The minimum Gasteiger partial charge on any atom is -0.427 e. The third-order valence-electron chi connectivity index (χ3n) is 6.29. The van der Waals surface area contributed by atoms with Crippen LogP contribution >= 0.6 is 0 Å². The summed E-state index contributed by atoms with van der Waals surface area (Å²) in [5.74, 6) is 0.0830. The van der Waals surface area contributed by atoms with E-state index in [2.05, 4.69) is 20.4 Å². The molecular formula is C28H37FN6O5. The van der Waals surface area contributed by atoms with E-state index in [9.17, 15) is 9.59 Å². The second kappa shape index (κ2) is 11.0. The lowest BCUT2D eigenvalue weighted by molar-refractivity contribution is -0.147. The third-order valence-corrected chi connectivity index (χ3v) is 6.29. The van der Waals surface area contributed by atoms with Crippen molar-refractivity contribution < 1.29 is 28.1 Å². The van der Waals surface area contributed by atoms with E-state index in [0.717, 1.165) is 5.56 Å². The molecule has 0 aliphatic carbocycles. The molecule has 3 aromatic rings. The molecule has 1 amide bonds. The molecule has 0 saturated carbocycles. The van der Waals surface area contributed by atoms with E-state index in [1.807, 2.05) is 25.3 Å². The van der Waals surface area contributed by atoms with Gasteiger partial charge in [0.25, 0.3) is 5.91 Å². The Morgan fingerprint density at radius 2 is 1.82 bits per heavy atom. The SMILES string of the molecule is Cc1ccc(-c2nc(C(=O)N[C@H](c3nc(C)no3)C(C)(C)C)c3n2CCCN(OC(=O)OC(C)(C)C)C3)c(F)c1. The van der Waals surface area contributed by atoms with Crippen LogP contribution in [-0.2, 0) is 22.7 Å². The molecule has 4 rings (SSSR count). The van der Waals surface area contributed by atoms with E-state index in [4.69, 9.17) is 14.1 Å². The third kappa shape index (κ3) is 6.67. The van der Waals surface area contributed by atoms with Gasteiger partial charge in [-0.1, -0.05) is 32.0 Å². The summed E-state index contributed by atoms with van der Waals surface area (Å²) < 4.78 is 27.7. The number of hydroxylamine groups is 2. The van der Waals surface area contributed by atoms with Gasteiger partial charge in [-0.25, -0.2) is 14.2 Å². The van der Waals surface area contributed by atoms with Crippen LogP contribution in [-0.4, -0.2) is 49.0 Å². The first kappa shape index (κ1) is 29.2. The molecule has 0 fully saturated rings. The van der Waals surface area contributed by atoms with Gasteiger partial charge in [0.15, 0.2) is 11.5 Å². The van der Waals surface area contributed by atoms with Crippen LogP contribution in [0.2, 0.25) is 0 Å². The molecule has 0 bridgehead atoms. The van der Waals surface area contributed by atoms with Crippen molar-refractivity contribution in [3.63, 3.8) is 0 Å². The first-order chi connectivity index (χ1) is 18.6. The second-order valence-corrected chi connectivity index (χ2v) is 12.1. The second-order valence-electron chi connectivity index (χ2n) is 12.1. The maximum atomic E-state index is 15.1. The monoisotopic (exact) mass is 556 g/mol. The average Bonchev–Trinajstić information content (AvgIpc) is 3.32. The Morgan fingerprint density at radius 3 is 2.42 bits per heavy atom. The maximum absolute atomic E-state index is 15.1. The van der Waals surface area contributed by atoms with Crippen molar-refractivity contribution in [3.8, 4) is 11.4 Å². The highest BCUT2D eigenvalue weighted by molar-refractivity contribution is 5.94. The van der Waals surface area contributed by atoms with Crippen molar-refractivity contribution in [3.05, 3.63) is 52.7 Å². The predicted octanol–water partition coefficient (Wildman–Crippen LogP) is 5.28. The number of aryl methyl sites for hydroxylation is 2. The molecule has 0 spiro atoms. The smallest absolute Gasteiger partial charge is 0.427 e. The zero-order valence-electron chi connectivity index (χ0n) is 24.3. The summed E-state index contributed by atoms with van der Waals surface area (Å²) >= 11 is 0. The Balaban J connectivity index is 1.74. The average molecular weight is 557 g/mol. The van der Waals surface area contributed by atoms with Gasteiger partial charge in [-0.05, 0) is 64.2 Å². The van der Waals surface area contributed by atoms with Gasteiger partial charge in [0.2, 0.25) is 5.89 Å². The molecule has 0 unspecified atom stereocenters. The molecule has 1 aliphatic heterocycles. The van der Waals surface area contributed by atoms with Crippen LogP contribution in [0.5, 0.6) is 0 Å². The van der Waals surface area contributed by atoms with Crippen LogP contribution in [0.3, 0.4) is 0 Å². The number of nitrogens with one attached hydrogen (secondary N) is 1. The Labute approximate surface area is 233 Å². The molecule has 1 aliphatic rings. The van der Waals surface area contributed by atoms with Gasteiger partial charge in [-0.15, -0.1) is 5.06 Å². The molecule has 0 saturated heterocycles. The van der Waals surface area contributed by atoms with E-state index < -0.39 is 34.9 Å². The molecule has 216 valence electrons. The molecule has 11 nitrogen and oxygen atoms in total. The van der Waals surface area contributed by atoms with Gasteiger partial charge >= 0.3 is 6.16 Å². The molecule has 40 heavy (non-hydrogen) atoms. The normalized spacial score (nSPS) is 15.2. The van der Waals surface area contributed by atoms with Gasteiger partial charge in [-0.2, -0.15) is 4.98 Å². The largest absolute Gasteiger partial charge is 0.528 e. The number of ether oxygens (including phenoxy) is 1. The van der Waals surface area contributed by atoms with Gasteiger partial charge in [0.1, 0.15) is 23.3 Å². The molecule has 1 atom stereocenters. The zero-order valence-corrected chi connectivity index (χ0v) is 24.3. The number of amides is 1. The number of hydrogen-bond donors (Lipinski definition) is 1. The highest BCUT2D eigenvalue weighted by Crippen LogP contribution is 2.34. The number of imidazole rings is 1. The summed E-state index contributed by atoms with van der Waals surface area (Å²) in [6, 6.07) is 4.25. The molecule has 1 aromatic carbocycles. The quantitative estimate of drug-likeness (QED) is 0.418. The molecule has 3 heterocycles. The van der Waals surface area contributed by atoms with Crippen molar-refractivity contribution in [1.82, 2.24) is 30.1 Å². The number of carbonyl (C=O) groups excluding carboxylic acids is 2. The number of halogens is 1. The highest BCUT2D eigenvalue weighted by atomic mass is 19.1. The fraction of sp³-hybridized carbons (Fsp3) is 0.536. The van der Waals surface area contributed by atoms with Crippen LogP contribution in [0.15, 0.2) is 22.7 Å². The molecule has 0 radical (unpaired) electrons. The summed E-state index contributed by atoms with van der Waals surface area (Å²) in [5.41, 5.74) is 0.376. The molecule has 1 N–H and O–H groups in total. The van der Waals surface area contributed by atoms with Gasteiger partial charge in [0.05, 0.1) is 17.8 Å². The minimum absolute atomic E-state index is 0.0440. The van der Waals surface area contributed by atoms with Crippen molar-refractivity contribution in [1.29, 1.82) is 0 Å². The fourth-order valence-corrected chi connectivity index (χ4v) is 4.46. The predicted molar refractivity (Wildman–Crippen MR) is 143 cm³/mol. The maximum Gasteiger partial charge on any atom is 0.528 e. The van der Waals surface area contributed by atoms with Gasteiger partial charge < -0.3 is 24.0 Å². The summed E-state index contributed by atoms with van der Waals surface area (Å²) in [4.78, 5) is 40.7. The summed E-state index contributed by atoms with van der Waals surface area (Å²) in [7, 11) is 0. The summed E-state index contributed by atoms with van der Waals surface area (Å²) in [5, 5.41) is 8.30. The standard InChI is InChI=1S/C28H37FN6O5/c1-16-10-11-18(19(29)14-16)23-31-21(24(36)32-22(27(3,4)5)25-30-17(2)33-39-25)20-15-34(12-9-13-35(20)23)40-26(37)38-28(6,7)8/h10-11,14,22H,9,12-13,15H2,1-8H3,(H,32,36)/t22-/m1/s1. The van der Waals surface area contributed by atoms with Crippen molar-refractivity contribution in [2.24, 2.45) is 5.41 Å². The van der Waals surface area contributed by atoms with E-state index >= 15 is 4.39 Å². The van der Waals surface area contributed by atoms with E-state index in [0.29, 0.717) is 36.9 Å². The number of fused-ring (bicyclic) bond motifs is 1. The number of aromatic nitrogens is 4. The van der Waals surface area contributed by atoms with Crippen LogP contribution in [0.4, 0.5) is 9.18 Å². The molecular weight excluding hydrogens is 519 g/mol. The van der Waals surface area contributed by atoms with Gasteiger partial charge in [-0.3, -0.25) is 4.79 Å². The number of carbonyl (C=O) groups is 2. The Hall–Kier alpha value is -3.80. The number of rotatable bonds is 5. The summed E-state index contributed by atoms with van der Waals surface area (Å²) in [6.07, 6.45) is -0.296. The van der Waals surface area contributed by atoms with Crippen LogP contribution in [0.25, 0.3) is 11.4 Å². The first-order valence-corrected chi connectivity index (χ1v) is 13.3. The van der Waals surface area contributed by atoms with E-state index in [1.54, 1.807) is 46.8 Å². The lowest BCUT2D eigenvalue weighted by Crippen LogP contribution is -2.38. The summed E-state index contributed by atoms with van der Waals surface area (Å²) in [6.45, 7) is 15.4. The molecule has 2 aromatic heterocycles. The van der Waals surface area contributed by atoms with Crippen molar-refractivity contribution in [2.45, 2.75) is 86.5 Å². The van der Waals surface area contributed by atoms with Crippen LogP contribution in [0, 0.1) is 25.1 Å². The first-order valence-electron chi connectivity index (χ1n) is 13.3. The van der Waals surface area contributed by atoms with Gasteiger partial charge in [0, 0.05) is 13.1 Å². The van der Waals surface area contributed by atoms with Crippen molar-refractivity contribution >= 4 is 12.1 Å². The van der Waals surface area contributed by atoms with Crippen LogP contribution in [0.1, 0.15) is 87.5 Å². The topological polar surface area (TPSA) is 125 Å². The lowest BCUT2D eigenvalue weighted by Gasteiger charge is -2.28. The Kier molecular flexibility index (Phi) is 8.02. The van der Waals surface area contributed by atoms with Crippen molar-refractivity contribution in [2.75, 3.05) is 6.54 Å². The lowest BCUT2D eigenvalue weighted by atomic mass is 9.86. The van der Waals surface area contributed by atoms with E-state index in [-0.39, 0.29) is 23.7 Å². The Bertz CT molecular complexity index is 1400. The minimum atomic E-state index is -0.851. The molecule has 12 heteroatoms. The number of nitrogens with zero attached hydrogens (tertiary/aromatic N) is 5. The number of benzene rings is 1. The van der Waals surface area contributed by atoms with Crippen LogP contribution < -0.4 is 5.32 Å².